The molecule has 0 unspecified atom stereocenters. The Bertz CT molecular complexity index is 1200. The first kappa shape index (κ1) is 30.0. The summed E-state index contributed by atoms with van der Waals surface area (Å²) in [4.78, 5) is 54.6. The molecule has 13 heteroatoms. The normalized spacial score (nSPS) is 18.6. The molecule has 0 radical (unpaired) electrons. The number of hydrogen-bond donors (Lipinski definition) is 5. The topological polar surface area (TPSA) is 170 Å². The van der Waals surface area contributed by atoms with Crippen LogP contribution >= 0.6 is 11.3 Å². The predicted molar refractivity (Wildman–Crippen MR) is 144 cm³/mol. The fraction of sp³-hybridized carbons (Fsp3) is 0.500. The smallest absolute Gasteiger partial charge is 0.242 e. The molecular weight excluding hydrogens is 526 g/mol. The quantitative estimate of drug-likeness (QED) is 0.244. The number of aliphatic hydroxyl groups excluding tert-OH is 2. The molecule has 39 heavy (non-hydrogen) atoms. The number of thiazole rings is 1. The zero-order valence-corrected chi connectivity index (χ0v) is 23.2. The summed E-state index contributed by atoms with van der Waals surface area (Å²) in [6.07, 6.45) is -0.243. The number of aromatic nitrogens is 1. The number of rotatable bonds is 12. The van der Waals surface area contributed by atoms with E-state index in [4.69, 9.17) is 4.74 Å². The first-order valence-corrected chi connectivity index (χ1v) is 13.4. The average molecular weight is 562 g/mol. The van der Waals surface area contributed by atoms with Crippen molar-refractivity contribution in [2.45, 2.75) is 45.4 Å². The molecule has 2 aromatic rings. The highest BCUT2D eigenvalue weighted by molar-refractivity contribution is 7.15. The van der Waals surface area contributed by atoms with Gasteiger partial charge in [0.2, 0.25) is 17.7 Å². The third kappa shape index (κ3) is 7.97. The second-order valence-corrected chi connectivity index (χ2v) is 10.7. The van der Waals surface area contributed by atoms with E-state index < -0.39 is 30.1 Å². The van der Waals surface area contributed by atoms with Gasteiger partial charge in [-0.25, -0.2) is 4.98 Å². The fourth-order valence-corrected chi connectivity index (χ4v) is 4.97. The number of benzene rings is 1. The van der Waals surface area contributed by atoms with Crippen LogP contribution in [0.1, 0.15) is 42.8 Å². The summed E-state index contributed by atoms with van der Waals surface area (Å²) in [5.74, 6) is -0.965. The lowest BCUT2D eigenvalue weighted by Gasteiger charge is -2.27. The molecule has 212 valence electrons. The van der Waals surface area contributed by atoms with E-state index in [0.717, 1.165) is 10.4 Å². The van der Waals surface area contributed by atoms with Crippen molar-refractivity contribution in [1.82, 2.24) is 20.5 Å². The number of aliphatic hydroxyl groups is 2. The molecular formula is C26H35N5O7S. The maximum atomic E-state index is 13.0. The number of anilines is 1. The molecule has 12 nitrogen and oxygen atoms in total. The van der Waals surface area contributed by atoms with Crippen molar-refractivity contribution in [2.24, 2.45) is 5.92 Å². The van der Waals surface area contributed by atoms with Gasteiger partial charge in [0, 0.05) is 23.4 Å². The fourth-order valence-electron chi connectivity index (χ4n) is 4.14. The molecule has 1 aliphatic rings. The molecule has 0 aliphatic carbocycles. The highest BCUT2D eigenvalue weighted by atomic mass is 32.1. The van der Waals surface area contributed by atoms with E-state index in [1.165, 1.54) is 23.2 Å². The molecule has 3 rings (SSSR count). The number of likely N-dealkylation sites (tertiary alicyclic amines) is 1. The van der Waals surface area contributed by atoms with Gasteiger partial charge in [-0.2, -0.15) is 0 Å². The zero-order chi connectivity index (χ0) is 28.7. The third-order valence-corrected chi connectivity index (χ3v) is 7.15. The lowest BCUT2D eigenvalue weighted by Crippen LogP contribution is -2.44. The van der Waals surface area contributed by atoms with Crippen molar-refractivity contribution in [1.29, 1.82) is 0 Å². The monoisotopic (exact) mass is 561 g/mol. The standard InChI is InChI=1S/C26H35N5O7S/c1-14(2)25(37)28-11-21(34)27-12-22(35)31-13-19(33)24(36)23(31)16-5-6-20(38-4)17(7-16)8-18-10-30-26(39-18)29-9-15(3)32/h5-7,10,14,19,23-24,33,36H,8-9,11-13H2,1-4H3,(H,27,34)(H,28,37)(H,29,30)/t19-,23+,24+/m0/s1. The van der Waals surface area contributed by atoms with Crippen molar-refractivity contribution in [2.75, 3.05) is 38.6 Å². The minimum absolute atomic E-state index is 0.00464. The molecule has 5 N–H and O–H groups in total. The van der Waals surface area contributed by atoms with Gasteiger partial charge in [-0.3, -0.25) is 19.2 Å². The molecule has 3 atom stereocenters. The zero-order valence-electron chi connectivity index (χ0n) is 22.4. The van der Waals surface area contributed by atoms with Gasteiger partial charge in [-0.1, -0.05) is 19.9 Å². The minimum atomic E-state index is -1.23. The molecule has 0 spiro atoms. The van der Waals surface area contributed by atoms with Gasteiger partial charge in [0.15, 0.2) is 5.13 Å². The summed E-state index contributed by atoms with van der Waals surface area (Å²) < 4.78 is 5.52. The number of ether oxygens (including phenoxy) is 1. The Labute approximate surface area is 230 Å². The number of methoxy groups -OCH3 is 1. The van der Waals surface area contributed by atoms with Crippen LogP contribution in [0.4, 0.5) is 5.13 Å². The van der Waals surface area contributed by atoms with Crippen LogP contribution in [0.2, 0.25) is 0 Å². The summed E-state index contributed by atoms with van der Waals surface area (Å²) >= 11 is 1.40. The van der Waals surface area contributed by atoms with E-state index in [1.807, 2.05) is 6.07 Å². The van der Waals surface area contributed by atoms with Crippen LogP contribution in [0.5, 0.6) is 5.75 Å². The van der Waals surface area contributed by atoms with Crippen LogP contribution in [-0.4, -0.2) is 89.1 Å². The largest absolute Gasteiger partial charge is 0.496 e. The number of carbonyl (C=O) groups is 4. The van der Waals surface area contributed by atoms with Crippen LogP contribution < -0.4 is 20.7 Å². The van der Waals surface area contributed by atoms with Gasteiger partial charge in [0.25, 0.3) is 0 Å². The van der Waals surface area contributed by atoms with E-state index in [1.54, 1.807) is 39.3 Å². The summed E-state index contributed by atoms with van der Waals surface area (Å²) in [5.41, 5.74) is 1.38. The molecule has 0 saturated carbocycles. The first-order chi connectivity index (χ1) is 18.5. The van der Waals surface area contributed by atoms with Crippen molar-refractivity contribution in [3.05, 3.63) is 40.4 Å². The van der Waals surface area contributed by atoms with Crippen LogP contribution in [0, 0.1) is 5.92 Å². The van der Waals surface area contributed by atoms with E-state index in [-0.39, 0.29) is 43.8 Å². The first-order valence-electron chi connectivity index (χ1n) is 12.5. The lowest BCUT2D eigenvalue weighted by atomic mass is 9.97. The molecule has 2 heterocycles. The van der Waals surface area contributed by atoms with Crippen LogP contribution in [-0.2, 0) is 25.6 Å². The van der Waals surface area contributed by atoms with E-state index in [9.17, 15) is 29.4 Å². The predicted octanol–water partition coefficient (Wildman–Crippen LogP) is 0.237. The maximum absolute atomic E-state index is 13.0. The number of hydrogen-bond acceptors (Lipinski definition) is 10. The third-order valence-electron chi connectivity index (χ3n) is 6.19. The van der Waals surface area contributed by atoms with Gasteiger partial charge in [-0.05, 0) is 30.2 Å². The van der Waals surface area contributed by atoms with E-state index in [0.29, 0.717) is 22.9 Å². The number of amides is 3. The number of β-amino-alcohol motifs (C(OH)–C–C–N with tert-alkyl or cyclic N) is 1. The molecule has 1 fully saturated rings. The maximum Gasteiger partial charge on any atom is 0.242 e. The highest BCUT2D eigenvalue weighted by Gasteiger charge is 2.43. The summed E-state index contributed by atoms with van der Waals surface area (Å²) in [7, 11) is 1.54. The number of nitrogens with zero attached hydrogens (tertiary/aromatic N) is 2. The van der Waals surface area contributed by atoms with E-state index in [2.05, 4.69) is 20.9 Å². The number of carbonyl (C=O) groups excluding carboxylic acids is 4. The van der Waals surface area contributed by atoms with Crippen molar-refractivity contribution < 1.29 is 34.1 Å². The Kier molecular flexibility index (Phi) is 10.4. The Balaban J connectivity index is 1.73. The van der Waals surface area contributed by atoms with Crippen LogP contribution in [0.15, 0.2) is 24.4 Å². The number of nitrogens with one attached hydrogen (secondary N) is 3. The SMILES string of the molecule is COc1ccc([C@@H]2[C@H](O)[C@@H](O)CN2C(=O)CNC(=O)CNC(=O)C(C)C)cc1Cc1cnc(NCC(C)=O)s1. The molecule has 1 aromatic carbocycles. The molecule has 1 aliphatic heterocycles. The second kappa shape index (κ2) is 13.5. The minimum Gasteiger partial charge on any atom is -0.496 e. The van der Waals surface area contributed by atoms with Crippen molar-refractivity contribution in [3.8, 4) is 5.75 Å². The van der Waals surface area contributed by atoms with Crippen molar-refractivity contribution in [3.63, 3.8) is 0 Å². The van der Waals surface area contributed by atoms with E-state index >= 15 is 0 Å². The van der Waals surface area contributed by atoms with Gasteiger partial charge in [0.1, 0.15) is 17.6 Å². The highest BCUT2D eigenvalue weighted by Crippen LogP contribution is 2.36. The van der Waals surface area contributed by atoms with Gasteiger partial charge >= 0.3 is 0 Å². The van der Waals surface area contributed by atoms with Crippen LogP contribution in [0.3, 0.4) is 0 Å². The number of ketones is 1. The Morgan fingerprint density at radius 3 is 2.56 bits per heavy atom. The summed E-state index contributed by atoms with van der Waals surface area (Å²) in [5, 5.41) is 29.7. The Hall–Kier alpha value is -3.55. The molecule has 0 bridgehead atoms. The second-order valence-electron chi connectivity index (χ2n) is 9.63. The molecule has 3 amide bonds. The summed E-state index contributed by atoms with van der Waals surface area (Å²) in [6.45, 7) is 4.36. The van der Waals surface area contributed by atoms with Crippen LogP contribution in [0.25, 0.3) is 0 Å². The van der Waals surface area contributed by atoms with Gasteiger partial charge in [-0.15, -0.1) is 11.3 Å². The Morgan fingerprint density at radius 1 is 1.15 bits per heavy atom. The van der Waals surface area contributed by atoms with Gasteiger partial charge < -0.3 is 35.8 Å². The average Bonchev–Trinajstić information content (AvgIpc) is 3.47. The van der Waals surface area contributed by atoms with Crippen molar-refractivity contribution >= 4 is 40.0 Å². The number of Topliss-reactive ketones (excluding diaryl/α,β-unsaturated/α-hetero) is 1. The molecule has 1 aromatic heterocycles. The Morgan fingerprint density at radius 2 is 1.90 bits per heavy atom. The molecule has 1 saturated heterocycles. The van der Waals surface area contributed by atoms with Gasteiger partial charge in [0.05, 0.1) is 45.4 Å². The summed E-state index contributed by atoms with van der Waals surface area (Å²) in [6, 6.07) is 4.43. The lowest BCUT2D eigenvalue weighted by molar-refractivity contribution is -0.134.